The molecule has 0 spiro atoms. The lowest BCUT2D eigenvalue weighted by Crippen LogP contribution is -2.51. The number of likely N-dealkylation sites (tertiary alicyclic amines) is 1. The molecule has 2 heterocycles. The van der Waals surface area contributed by atoms with E-state index in [1.807, 2.05) is 11.8 Å². The van der Waals surface area contributed by atoms with Gasteiger partial charge >= 0.3 is 0 Å². The van der Waals surface area contributed by atoms with Gasteiger partial charge in [0.15, 0.2) is 12.1 Å². The van der Waals surface area contributed by atoms with Crippen LogP contribution < -0.4 is 5.73 Å². The number of oxazole rings is 1. The molecule has 6 heteroatoms. The van der Waals surface area contributed by atoms with E-state index in [1.54, 1.807) is 6.92 Å². The zero-order valence-corrected chi connectivity index (χ0v) is 11.6. The van der Waals surface area contributed by atoms with Crippen molar-refractivity contribution in [3.05, 3.63) is 17.8 Å². The van der Waals surface area contributed by atoms with Crippen molar-refractivity contribution in [3.8, 4) is 0 Å². The van der Waals surface area contributed by atoms with Crippen LogP contribution >= 0.6 is 12.4 Å². The summed E-state index contributed by atoms with van der Waals surface area (Å²) < 4.78 is 5.08. The molecule has 1 saturated heterocycles. The highest BCUT2D eigenvalue weighted by molar-refractivity contribution is 5.93. The molecule has 1 fully saturated rings. The predicted octanol–water partition coefficient (Wildman–Crippen LogP) is 1.75. The maximum absolute atomic E-state index is 12.3. The second kappa shape index (κ2) is 6.20. The number of halogens is 1. The molecule has 1 aromatic heterocycles. The van der Waals surface area contributed by atoms with Gasteiger partial charge in [-0.05, 0) is 33.1 Å². The molecule has 2 atom stereocenters. The Morgan fingerprint density at radius 1 is 1.61 bits per heavy atom. The molecular formula is C12H20ClN3O2. The second-order valence-corrected chi connectivity index (χ2v) is 4.68. The molecule has 0 aliphatic carbocycles. The van der Waals surface area contributed by atoms with Crippen molar-refractivity contribution in [3.63, 3.8) is 0 Å². The fourth-order valence-corrected chi connectivity index (χ4v) is 2.40. The van der Waals surface area contributed by atoms with Gasteiger partial charge in [0.2, 0.25) is 0 Å². The Balaban J connectivity index is 0.00000162. The SMILES string of the molecule is Cc1ocnc1C(=O)N1CCCCC1C(C)N.Cl. The quantitative estimate of drug-likeness (QED) is 0.891. The van der Waals surface area contributed by atoms with Gasteiger partial charge in [-0.3, -0.25) is 4.79 Å². The van der Waals surface area contributed by atoms with E-state index in [-0.39, 0.29) is 30.4 Å². The third-order valence-electron chi connectivity index (χ3n) is 3.36. The number of amides is 1. The van der Waals surface area contributed by atoms with Gasteiger partial charge in [-0.1, -0.05) is 0 Å². The summed E-state index contributed by atoms with van der Waals surface area (Å²) in [4.78, 5) is 18.2. The lowest BCUT2D eigenvalue weighted by atomic mass is 9.96. The topological polar surface area (TPSA) is 72.4 Å². The summed E-state index contributed by atoms with van der Waals surface area (Å²) in [5.74, 6) is 0.516. The van der Waals surface area contributed by atoms with Crippen LogP contribution in [0.25, 0.3) is 0 Å². The zero-order valence-electron chi connectivity index (χ0n) is 10.8. The fraction of sp³-hybridized carbons (Fsp3) is 0.667. The molecule has 0 bridgehead atoms. The van der Waals surface area contributed by atoms with E-state index < -0.39 is 0 Å². The van der Waals surface area contributed by atoms with E-state index >= 15 is 0 Å². The maximum Gasteiger partial charge on any atom is 0.276 e. The largest absolute Gasteiger partial charge is 0.448 e. The average Bonchev–Trinajstić information content (AvgIpc) is 2.74. The van der Waals surface area contributed by atoms with E-state index in [4.69, 9.17) is 10.2 Å². The molecule has 0 aromatic carbocycles. The lowest BCUT2D eigenvalue weighted by molar-refractivity contribution is 0.0576. The Kier molecular flexibility index (Phi) is 5.16. The average molecular weight is 274 g/mol. The lowest BCUT2D eigenvalue weighted by Gasteiger charge is -2.37. The molecule has 1 aliphatic rings. The standard InChI is InChI=1S/C12H19N3O2.ClH/c1-8(13)10-5-3-4-6-15(10)12(16)11-9(2)17-7-14-11;/h7-8,10H,3-6,13H2,1-2H3;1H. The second-order valence-electron chi connectivity index (χ2n) is 4.68. The monoisotopic (exact) mass is 273 g/mol. The van der Waals surface area contributed by atoms with Gasteiger partial charge in [0.05, 0.1) is 0 Å². The highest BCUT2D eigenvalue weighted by atomic mass is 35.5. The number of carbonyl (C=O) groups excluding carboxylic acids is 1. The normalized spacial score (nSPS) is 21.3. The van der Waals surface area contributed by atoms with E-state index in [0.29, 0.717) is 11.5 Å². The number of hydrogen-bond donors (Lipinski definition) is 1. The van der Waals surface area contributed by atoms with Gasteiger partial charge in [-0.2, -0.15) is 0 Å². The molecule has 2 rings (SSSR count). The molecule has 1 aromatic rings. The molecule has 0 radical (unpaired) electrons. The number of piperidine rings is 1. The van der Waals surface area contributed by atoms with E-state index in [0.717, 1.165) is 25.8 Å². The molecule has 1 amide bonds. The summed E-state index contributed by atoms with van der Waals surface area (Å²) in [7, 11) is 0. The molecule has 18 heavy (non-hydrogen) atoms. The molecule has 2 unspecified atom stereocenters. The van der Waals surface area contributed by atoms with E-state index in [2.05, 4.69) is 4.98 Å². The third-order valence-corrected chi connectivity index (χ3v) is 3.36. The summed E-state index contributed by atoms with van der Waals surface area (Å²) in [5.41, 5.74) is 6.36. The minimum atomic E-state index is -0.0572. The Bertz CT molecular complexity index is 406. The Morgan fingerprint density at radius 3 is 2.89 bits per heavy atom. The van der Waals surface area contributed by atoms with Gasteiger partial charge in [0.25, 0.3) is 5.91 Å². The van der Waals surface area contributed by atoms with E-state index in [9.17, 15) is 4.79 Å². The Labute approximate surface area is 113 Å². The van der Waals surface area contributed by atoms with Crippen LogP contribution in [0.2, 0.25) is 0 Å². The summed E-state index contributed by atoms with van der Waals surface area (Å²) in [5, 5.41) is 0. The van der Waals surface area contributed by atoms with Crippen LogP contribution in [0.15, 0.2) is 10.8 Å². The summed E-state index contributed by atoms with van der Waals surface area (Å²) in [6.07, 6.45) is 4.45. The maximum atomic E-state index is 12.3. The van der Waals surface area contributed by atoms with Crippen molar-refractivity contribution in [1.82, 2.24) is 9.88 Å². The van der Waals surface area contributed by atoms with Crippen molar-refractivity contribution in [2.24, 2.45) is 5.73 Å². The first-order chi connectivity index (χ1) is 8.11. The third kappa shape index (κ3) is 2.84. The van der Waals surface area contributed by atoms with Crippen molar-refractivity contribution >= 4 is 18.3 Å². The Hall–Kier alpha value is -1.07. The van der Waals surface area contributed by atoms with Gasteiger partial charge in [-0.25, -0.2) is 4.98 Å². The molecule has 5 nitrogen and oxygen atoms in total. The van der Waals surface area contributed by atoms with E-state index in [1.165, 1.54) is 6.39 Å². The zero-order chi connectivity index (χ0) is 12.4. The first kappa shape index (κ1) is 15.0. The fourth-order valence-electron chi connectivity index (χ4n) is 2.40. The minimum absolute atomic E-state index is 0. The number of nitrogens with two attached hydrogens (primary N) is 1. The number of rotatable bonds is 2. The molecule has 1 aliphatic heterocycles. The van der Waals surface area contributed by atoms with Crippen LogP contribution in [0.5, 0.6) is 0 Å². The number of hydrogen-bond acceptors (Lipinski definition) is 4. The number of aryl methyl sites for hydroxylation is 1. The summed E-state index contributed by atoms with van der Waals surface area (Å²) >= 11 is 0. The summed E-state index contributed by atoms with van der Waals surface area (Å²) in [6.45, 7) is 4.47. The van der Waals surface area contributed by atoms with Crippen LogP contribution in [0.4, 0.5) is 0 Å². The molecule has 0 saturated carbocycles. The predicted molar refractivity (Wildman–Crippen MR) is 70.8 cm³/mol. The van der Waals surface area contributed by atoms with Crippen LogP contribution in [0.3, 0.4) is 0 Å². The smallest absolute Gasteiger partial charge is 0.276 e. The molecule has 2 N–H and O–H groups in total. The minimum Gasteiger partial charge on any atom is -0.448 e. The van der Waals surface area contributed by atoms with Gasteiger partial charge in [0, 0.05) is 18.6 Å². The highest BCUT2D eigenvalue weighted by Crippen LogP contribution is 2.21. The molecular weight excluding hydrogens is 254 g/mol. The van der Waals surface area contributed by atoms with Crippen molar-refractivity contribution < 1.29 is 9.21 Å². The number of aromatic nitrogens is 1. The molecule has 102 valence electrons. The number of nitrogens with zero attached hydrogens (tertiary/aromatic N) is 2. The van der Waals surface area contributed by atoms with Crippen LogP contribution in [-0.4, -0.2) is 34.4 Å². The van der Waals surface area contributed by atoms with Crippen LogP contribution in [0, 0.1) is 6.92 Å². The van der Waals surface area contributed by atoms with Gasteiger partial charge in [0.1, 0.15) is 5.76 Å². The first-order valence-corrected chi connectivity index (χ1v) is 6.08. The number of carbonyl (C=O) groups is 1. The van der Waals surface area contributed by atoms with Gasteiger partial charge in [-0.15, -0.1) is 12.4 Å². The van der Waals surface area contributed by atoms with Crippen molar-refractivity contribution in [2.75, 3.05) is 6.54 Å². The summed E-state index contributed by atoms with van der Waals surface area (Å²) in [6, 6.07) is 0.110. The van der Waals surface area contributed by atoms with Crippen molar-refractivity contribution in [2.45, 2.75) is 45.2 Å². The van der Waals surface area contributed by atoms with Gasteiger partial charge < -0.3 is 15.1 Å². The highest BCUT2D eigenvalue weighted by Gasteiger charge is 2.31. The first-order valence-electron chi connectivity index (χ1n) is 6.08. The van der Waals surface area contributed by atoms with Crippen molar-refractivity contribution in [1.29, 1.82) is 0 Å². The van der Waals surface area contributed by atoms with Crippen LogP contribution in [-0.2, 0) is 0 Å². The van der Waals surface area contributed by atoms with Crippen LogP contribution in [0.1, 0.15) is 42.4 Å². The Morgan fingerprint density at radius 2 is 2.33 bits per heavy atom.